The van der Waals surface area contributed by atoms with E-state index >= 15 is 0 Å². The van der Waals surface area contributed by atoms with E-state index in [1.807, 2.05) is 24.3 Å². The van der Waals surface area contributed by atoms with E-state index in [1.165, 1.54) is 11.1 Å². The Kier molecular flexibility index (Phi) is 9.23. The summed E-state index contributed by atoms with van der Waals surface area (Å²) in [4.78, 5) is 13.2. The molecule has 0 radical (unpaired) electrons. The summed E-state index contributed by atoms with van der Waals surface area (Å²) in [6.07, 6.45) is 0. The van der Waals surface area contributed by atoms with E-state index in [0.717, 1.165) is 60.6 Å². The predicted octanol–water partition coefficient (Wildman–Crippen LogP) is 5.68. The van der Waals surface area contributed by atoms with Gasteiger partial charge in [-0.2, -0.15) is 0 Å². The van der Waals surface area contributed by atoms with Crippen LogP contribution in [0.25, 0.3) is 0 Å². The van der Waals surface area contributed by atoms with Crippen LogP contribution in [-0.4, -0.2) is 61.2 Å². The largest absolute Gasteiger partial charge is 0.508 e. The van der Waals surface area contributed by atoms with Crippen LogP contribution < -0.4 is 20.4 Å². The van der Waals surface area contributed by atoms with Gasteiger partial charge < -0.3 is 30.6 Å². The van der Waals surface area contributed by atoms with Crippen molar-refractivity contribution in [2.24, 2.45) is 9.98 Å². The number of benzene rings is 4. The van der Waals surface area contributed by atoms with E-state index in [0.29, 0.717) is 13.1 Å². The molecule has 42 heavy (non-hydrogen) atoms. The lowest BCUT2D eigenvalue weighted by Crippen LogP contribution is -2.32. The van der Waals surface area contributed by atoms with Gasteiger partial charge >= 0.3 is 0 Å². The Morgan fingerprint density at radius 2 is 0.976 bits per heavy atom. The van der Waals surface area contributed by atoms with Gasteiger partial charge in [0.2, 0.25) is 0 Å². The first-order chi connectivity index (χ1) is 20.4. The lowest BCUT2D eigenvalue weighted by molar-refractivity contribution is 0.475. The normalized spacial score (nSPS) is 13.7. The lowest BCUT2D eigenvalue weighted by atomic mass is 10.2. The molecule has 0 spiro atoms. The number of aryl methyl sites for hydroxylation is 2. The third-order valence-corrected chi connectivity index (χ3v) is 7.08. The summed E-state index contributed by atoms with van der Waals surface area (Å²) < 4.78 is 0. The summed E-state index contributed by atoms with van der Waals surface area (Å²) in [6.45, 7) is 8.96. The fraction of sp³-hybridized carbons (Fsp3) is 0.235. The topological polar surface area (TPSA) is 95.7 Å². The second-order valence-electron chi connectivity index (χ2n) is 10.4. The van der Waals surface area contributed by atoms with Crippen molar-refractivity contribution in [2.45, 2.75) is 13.8 Å². The van der Waals surface area contributed by atoms with Gasteiger partial charge in [0.05, 0.1) is 26.2 Å². The first-order valence-electron chi connectivity index (χ1n) is 14.3. The average Bonchev–Trinajstić information content (AvgIpc) is 3.71. The summed E-state index contributed by atoms with van der Waals surface area (Å²) in [5, 5.41) is 26.1. The van der Waals surface area contributed by atoms with E-state index in [9.17, 15) is 10.2 Å². The fourth-order valence-electron chi connectivity index (χ4n) is 4.84. The van der Waals surface area contributed by atoms with Gasteiger partial charge in [0, 0.05) is 48.0 Å². The monoisotopic (exact) mass is 562 g/mol. The minimum absolute atomic E-state index is 0.269. The summed E-state index contributed by atoms with van der Waals surface area (Å²) in [6, 6.07) is 31.4. The van der Waals surface area contributed by atoms with Gasteiger partial charge in [-0.1, -0.05) is 47.5 Å². The van der Waals surface area contributed by atoms with E-state index in [-0.39, 0.29) is 11.5 Å². The van der Waals surface area contributed by atoms with Crippen LogP contribution in [0.3, 0.4) is 0 Å². The molecule has 0 saturated carbocycles. The molecule has 4 aromatic carbocycles. The highest BCUT2D eigenvalue weighted by atomic mass is 16.3. The summed E-state index contributed by atoms with van der Waals surface area (Å²) in [5.74, 6) is 2.51. The summed E-state index contributed by atoms with van der Waals surface area (Å²) in [7, 11) is 0. The average molecular weight is 563 g/mol. The van der Waals surface area contributed by atoms with Crippen molar-refractivity contribution in [2.75, 3.05) is 49.1 Å². The Labute approximate surface area is 247 Å². The third-order valence-electron chi connectivity index (χ3n) is 7.08. The summed E-state index contributed by atoms with van der Waals surface area (Å²) in [5.41, 5.74) is 6.53. The number of aromatic hydroxyl groups is 2. The Bertz CT molecular complexity index is 1420. The molecule has 0 saturated heterocycles. The number of anilines is 4. The molecule has 8 nitrogen and oxygen atoms in total. The van der Waals surface area contributed by atoms with Crippen molar-refractivity contribution in [3.8, 4) is 11.5 Å². The van der Waals surface area contributed by atoms with Crippen LogP contribution in [0.5, 0.6) is 11.5 Å². The molecule has 8 heteroatoms. The predicted molar refractivity (Wildman–Crippen MR) is 173 cm³/mol. The second-order valence-corrected chi connectivity index (χ2v) is 10.4. The van der Waals surface area contributed by atoms with Gasteiger partial charge in [-0.05, 0) is 62.4 Å². The van der Waals surface area contributed by atoms with Gasteiger partial charge in [-0.25, -0.2) is 0 Å². The highest BCUT2D eigenvalue weighted by molar-refractivity contribution is 5.91. The number of nitrogens with zero attached hydrogens (tertiary/aromatic N) is 4. The van der Waals surface area contributed by atoms with Gasteiger partial charge in [0.25, 0.3) is 0 Å². The molecular weight excluding hydrogens is 524 g/mol. The summed E-state index contributed by atoms with van der Waals surface area (Å²) >= 11 is 0. The number of amidine groups is 2. The lowest BCUT2D eigenvalue weighted by Gasteiger charge is -2.25. The van der Waals surface area contributed by atoms with Gasteiger partial charge in [0.15, 0.2) is 0 Å². The zero-order chi connectivity index (χ0) is 29.3. The molecule has 0 unspecified atom stereocenters. The Morgan fingerprint density at radius 1 is 0.571 bits per heavy atom. The van der Waals surface area contributed by atoms with Crippen LogP contribution in [0.1, 0.15) is 11.1 Å². The minimum Gasteiger partial charge on any atom is -0.508 e. The maximum absolute atomic E-state index is 9.74. The van der Waals surface area contributed by atoms with Gasteiger partial charge in [-0.3, -0.25) is 9.98 Å². The fourth-order valence-corrected chi connectivity index (χ4v) is 4.84. The van der Waals surface area contributed by atoms with Crippen molar-refractivity contribution >= 4 is 34.4 Å². The van der Waals surface area contributed by atoms with Gasteiger partial charge in [-0.15, -0.1) is 0 Å². The van der Waals surface area contributed by atoms with Crippen molar-refractivity contribution in [1.82, 2.24) is 10.6 Å². The maximum Gasteiger partial charge on any atom is 0.117 e. The number of phenols is 2. The number of hydrogen-bond donors (Lipinski definition) is 4. The van der Waals surface area contributed by atoms with Crippen molar-refractivity contribution in [1.29, 1.82) is 0 Å². The van der Waals surface area contributed by atoms with E-state index < -0.39 is 0 Å². The van der Waals surface area contributed by atoms with Crippen LogP contribution in [0.4, 0.5) is 22.7 Å². The number of nitrogens with one attached hydrogen (secondary N) is 2. The standard InChI is InChI=1S/2C17H19N3O/c2*1-13-5-7-14(8-6-13)20(12-17-18-9-10-19-17)15-3-2-4-16(21)11-15/h2*2-8,11,21H,9-10,12H2,1H3,(H,18,19). The molecule has 2 aliphatic rings. The first-order valence-corrected chi connectivity index (χ1v) is 14.3. The van der Waals surface area contributed by atoms with Crippen molar-refractivity contribution in [3.63, 3.8) is 0 Å². The Morgan fingerprint density at radius 3 is 1.31 bits per heavy atom. The first kappa shape index (κ1) is 28.5. The highest BCUT2D eigenvalue weighted by Crippen LogP contribution is 2.29. The van der Waals surface area contributed by atoms with E-state index in [1.54, 1.807) is 24.3 Å². The number of aliphatic imine (C=N–C) groups is 2. The van der Waals surface area contributed by atoms with Crippen LogP contribution >= 0.6 is 0 Å². The van der Waals surface area contributed by atoms with Crippen LogP contribution in [0.2, 0.25) is 0 Å². The van der Waals surface area contributed by atoms with Crippen LogP contribution in [-0.2, 0) is 0 Å². The molecule has 0 bridgehead atoms. The number of hydrogen-bond acceptors (Lipinski definition) is 8. The smallest absolute Gasteiger partial charge is 0.117 e. The number of phenolic OH excluding ortho intramolecular Hbond substituents is 2. The third kappa shape index (κ3) is 7.60. The number of rotatable bonds is 8. The minimum atomic E-state index is 0.269. The van der Waals surface area contributed by atoms with Gasteiger partial charge in [0.1, 0.15) is 23.2 Å². The van der Waals surface area contributed by atoms with Crippen molar-refractivity contribution in [3.05, 3.63) is 108 Å². The molecule has 6 rings (SSSR count). The van der Waals surface area contributed by atoms with E-state index in [2.05, 4.69) is 92.8 Å². The van der Waals surface area contributed by atoms with Crippen molar-refractivity contribution < 1.29 is 10.2 Å². The molecular formula is C34H38N6O2. The molecule has 0 fully saturated rings. The molecule has 216 valence electrons. The molecule has 0 aliphatic carbocycles. The molecule has 2 aliphatic heterocycles. The molecule has 0 amide bonds. The zero-order valence-corrected chi connectivity index (χ0v) is 24.2. The molecule has 2 heterocycles. The van der Waals surface area contributed by atoms with Crippen LogP contribution in [0, 0.1) is 13.8 Å². The molecule has 0 atom stereocenters. The maximum atomic E-state index is 9.74. The SMILES string of the molecule is Cc1ccc(N(CC2=NCCN2)c2cccc(O)c2)cc1.Cc1ccc(N(CC2=NCCN2)c2cccc(O)c2)cc1. The second kappa shape index (κ2) is 13.6. The zero-order valence-electron chi connectivity index (χ0n) is 24.2. The molecule has 4 N–H and O–H groups in total. The molecule has 4 aromatic rings. The quantitative estimate of drug-likeness (QED) is 0.221. The van der Waals surface area contributed by atoms with E-state index in [4.69, 9.17) is 0 Å². The van der Waals surface area contributed by atoms with Crippen LogP contribution in [0.15, 0.2) is 107 Å². The Hall–Kier alpha value is -4.98. The molecule has 0 aromatic heterocycles. The highest BCUT2D eigenvalue weighted by Gasteiger charge is 2.16. The Balaban J connectivity index is 0.000000168.